The second kappa shape index (κ2) is 9.76. The Hall–Kier alpha value is -3.16. The van der Waals surface area contributed by atoms with Crippen molar-refractivity contribution in [2.24, 2.45) is 0 Å². The first-order chi connectivity index (χ1) is 15.1. The molecule has 7 heteroatoms. The Morgan fingerprint density at radius 1 is 1.29 bits per heavy atom. The van der Waals surface area contributed by atoms with Crippen LogP contribution in [0.3, 0.4) is 0 Å². The van der Waals surface area contributed by atoms with Crippen LogP contribution in [-0.4, -0.2) is 63.8 Å². The maximum atomic E-state index is 12.9. The Bertz CT molecular complexity index is 978. The van der Waals surface area contributed by atoms with E-state index in [1.807, 2.05) is 48.5 Å². The lowest BCUT2D eigenvalue weighted by atomic mass is 10.0. The monoisotopic (exact) mass is 420 g/mol. The number of likely N-dealkylation sites (tertiary alicyclic amines) is 1. The second-order valence-corrected chi connectivity index (χ2v) is 7.93. The summed E-state index contributed by atoms with van der Waals surface area (Å²) >= 11 is 0. The minimum absolute atomic E-state index is 0.219. The van der Waals surface area contributed by atoms with E-state index in [-0.39, 0.29) is 24.8 Å². The molecule has 2 N–H and O–H groups in total. The van der Waals surface area contributed by atoms with Crippen molar-refractivity contribution in [2.45, 2.75) is 25.2 Å². The highest BCUT2D eigenvalue weighted by atomic mass is 16.6. The van der Waals surface area contributed by atoms with Gasteiger partial charge < -0.3 is 19.7 Å². The number of ether oxygens (including phenoxy) is 1. The predicted octanol–water partition coefficient (Wildman–Crippen LogP) is 3.45. The normalized spacial score (nSPS) is 17.4. The predicted molar refractivity (Wildman–Crippen MR) is 118 cm³/mol. The summed E-state index contributed by atoms with van der Waals surface area (Å²) in [6.45, 7) is 2.27. The van der Waals surface area contributed by atoms with Crippen LogP contribution in [0, 0.1) is 0 Å². The van der Waals surface area contributed by atoms with E-state index in [2.05, 4.69) is 20.9 Å². The van der Waals surface area contributed by atoms with Gasteiger partial charge >= 0.3 is 6.09 Å². The number of carbonyl (C=O) groups is 1. The number of nitrogens with zero attached hydrogens (tertiary/aromatic N) is 3. The topological polar surface area (TPSA) is 81.7 Å². The molecule has 1 amide bonds. The van der Waals surface area contributed by atoms with Crippen LogP contribution < -0.4 is 0 Å². The van der Waals surface area contributed by atoms with Gasteiger partial charge in [0.05, 0.1) is 12.1 Å². The number of aromatic amines is 1. The third-order valence-electron chi connectivity index (χ3n) is 5.68. The molecule has 4 rings (SSSR count). The van der Waals surface area contributed by atoms with Gasteiger partial charge in [-0.3, -0.25) is 4.90 Å². The maximum absolute atomic E-state index is 12.9. The molecule has 162 valence electrons. The molecule has 1 aliphatic heterocycles. The average molecular weight is 421 g/mol. The summed E-state index contributed by atoms with van der Waals surface area (Å²) in [5.41, 5.74) is 2.90. The number of carbonyl (C=O) groups excluding carboxylic acids is 1. The molecule has 0 bridgehead atoms. The Labute approximate surface area is 182 Å². The van der Waals surface area contributed by atoms with Crippen LogP contribution in [0.5, 0.6) is 0 Å². The highest BCUT2D eigenvalue weighted by Crippen LogP contribution is 2.27. The van der Waals surface area contributed by atoms with Gasteiger partial charge in [-0.2, -0.15) is 0 Å². The van der Waals surface area contributed by atoms with Crippen LogP contribution in [0.25, 0.3) is 11.4 Å². The number of aromatic nitrogens is 2. The van der Waals surface area contributed by atoms with E-state index in [1.165, 1.54) is 0 Å². The number of H-pyrrole nitrogens is 1. The zero-order chi connectivity index (χ0) is 21.6. The zero-order valence-corrected chi connectivity index (χ0v) is 17.6. The van der Waals surface area contributed by atoms with E-state index in [1.54, 1.807) is 24.3 Å². The zero-order valence-electron chi connectivity index (χ0n) is 17.6. The van der Waals surface area contributed by atoms with Gasteiger partial charge in [0.15, 0.2) is 0 Å². The van der Waals surface area contributed by atoms with Gasteiger partial charge in [-0.25, -0.2) is 9.78 Å². The van der Waals surface area contributed by atoms with E-state index in [9.17, 15) is 9.90 Å². The summed E-state index contributed by atoms with van der Waals surface area (Å²) in [7, 11) is 1.77. The first-order valence-corrected chi connectivity index (χ1v) is 10.5. The highest BCUT2D eigenvalue weighted by Gasteiger charge is 2.29. The van der Waals surface area contributed by atoms with Crippen LogP contribution in [-0.2, 0) is 11.3 Å². The largest absolute Gasteiger partial charge is 0.445 e. The first kappa shape index (κ1) is 21.1. The Balaban J connectivity index is 1.53. The minimum Gasteiger partial charge on any atom is -0.445 e. The van der Waals surface area contributed by atoms with E-state index >= 15 is 0 Å². The summed E-state index contributed by atoms with van der Waals surface area (Å²) < 4.78 is 5.58. The molecular weight excluding hydrogens is 392 g/mol. The molecule has 0 saturated carbocycles. The molecular formula is C24H28N4O3. The SMILES string of the molecule is CN(C(=O)OCc1ccccc1)[C@H](CN1CC[C@H](O)C1)c1cccc(-c2ncc[nH]2)c1. The van der Waals surface area contributed by atoms with Crippen molar-refractivity contribution in [3.8, 4) is 11.4 Å². The number of aliphatic hydroxyl groups excluding tert-OH is 1. The van der Waals surface area contributed by atoms with Crippen LogP contribution in [0.4, 0.5) is 4.79 Å². The maximum Gasteiger partial charge on any atom is 0.410 e. The number of hydrogen-bond donors (Lipinski definition) is 2. The van der Waals surface area contributed by atoms with Gasteiger partial charge in [-0.05, 0) is 23.6 Å². The van der Waals surface area contributed by atoms with E-state index in [0.29, 0.717) is 13.1 Å². The number of imidazole rings is 1. The number of β-amino-alcohol motifs (C(OH)–C–C–N with tert-alkyl or cyclic N) is 1. The fourth-order valence-corrected chi connectivity index (χ4v) is 3.94. The molecule has 2 aromatic carbocycles. The van der Waals surface area contributed by atoms with Crippen molar-refractivity contribution in [3.63, 3.8) is 0 Å². The van der Waals surface area contributed by atoms with Gasteiger partial charge in [-0.15, -0.1) is 0 Å². The third-order valence-corrected chi connectivity index (χ3v) is 5.68. The molecule has 0 aliphatic carbocycles. The standard InChI is InChI=1S/C24H28N4O3/c1-27(24(30)31-17-18-6-3-2-4-7-18)22(16-28-13-10-21(29)15-28)19-8-5-9-20(14-19)23-25-11-12-26-23/h2-9,11-12,14,21-22,29H,10,13,15-17H2,1H3,(H,25,26)/t21-,22+/m0/s1. The van der Waals surface area contributed by atoms with Gasteiger partial charge in [0.1, 0.15) is 12.4 Å². The molecule has 7 nitrogen and oxygen atoms in total. The van der Waals surface area contributed by atoms with E-state index in [4.69, 9.17) is 4.74 Å². The van der Waals surface area contributed by atoms with Crippen molar-refractivity contribution < 1.29 is 14.6 Å². The molecule has 1 aliphatic rings. The Morgan fingerprint density at radius 2 is 2.13 bits per heavy atom. The van der Waals surface area contributed by atoms with Crippen molar-refractivity contribution in [3.05, 3.63) is 78.1 Å². The van der Waals surface area contributed by atoms with Gasteiger partial charge in [0, 0.05) is 44.6 Å². The smallest absolute Gasteiger partial charge is 0.410 e. The summed E-state index contributed by atoms with van der Waals surface area (Å²) in [4.78, 5) is 24.2. The van der Waals surface area contributed by atoms with Gasteiger partial charge in [-0.1, -0.05) is 48.5 Å². The molecule has 0 radical (unpaired) electrons. The third kappa shape index (κ3) is 5.31. The average Bonchev–Trinajstić information content (AvgIpc) is 3.48. The lowest BCUT2D eigenvalue weighted by molar-refractivity contribution is 0.0817. The molecule has 3 aromatic rings. The van der Waals surface area contributed by atoms with E-state index in [0.717, 1.165) is 35.5 Å². The fraction of sp³-hybridized carbons (Fsp3) is 0.333. The molecule has 1 saturated heterocycles. The lowest BCUT2D eigenvalue weighted by Gasteiger charge is -2.31. The Kier molecular flexibility index (Phi) is 6.64. The van der Waals surface area contributed by atoms with E-state index < -0.39 is 0 Å². The van der Waals surface area contributed by atoms with Crippen molar-refractivity contribution in [2.75, 3.05) is 26.7 Å². The Morgan fingerprint density at radius 3 is 2.84 bits per heavy atom. The van der Waals surface area contributed by atoms with Crippen LogP contribution in [0.2, 0.25) is 0 Å². The molecule has 1 fully saturated rings. The number of amides is 1. The fourth-order valence-electron chi connectivity index (χ4n) is 3.94. The van der Waals surface area contributed by atoms with Crippen molar-refractivity contribution >= 4 is 6.09 Å². The summed E-state index contributed by atoms with van der Waals surface area (Å²) in [5, 5.41) is 9.95. The lowest BCUT2D eigenvalue weighted by Crippen LogP contribution is -2.39. The first-order valence-electron chi connectivity index (χ1n) is 10.5. The van der Waals surface area contributed by atoms with Crippen LogP contribution in [0.15, 0.2) is 67.0 Å². The number of nitrogens with one attached hydrogen (secondary N) is 1. The summed E-state index contributed by atoms with van der Waals surface area (Å²) in [6, 6.07) is 17.5. The molecule has 0 spiro atoms. The number of aliphatic hydroxyl groups is 1. The highest BCUT2D eigenvalue weighted by molar-refractivity contribution is 5.68. The second-order valence-electron chi connectivity index (χ2n) is 7.93. The van der Waals surface area contributed by atoms with Crippen LogP contribution in [0.1, 0.15) is 23.6 Å². The minimum atomic E-state index is -0.378. The number of likely N-dealkylation sites (N-methyl/N-ethyl adjacent to an activating group) is 1. The molecule has 0 unspecified atom stereocenters. The van der Waals surface area contributed by atoms with Gasteiger partial charge in [0.25, 0.3) is 0 Å². The molecule has 2 atom stereocenters. The molecule has 2 heterocycles. The molecule has 1 aromatic heterocycles. The summed E-state index contributed by atoms with van der Waals surface area (Å²) in [5.74, 6) is 0.784. The van der Waals surface area contributed by atoms with Gasteiger partial charge in [0.2, 0.25) is 0 Å². The number of benzene rings is 2. The number of hydrogen-bond acceptors (Lipinski definition) is 5. The quantitative estimate of drug-likeness (QED) is 0.612. The van der Waals surface area contributed by atoms with Crippen molar-refractivity contribution in [1.29, 1.82) is 0 Å². The van der Waals surface area contributed by atoms with Crippen LogP contribution >= 0.6 is 0 Å². The number of rotatable bonds is 7. The van der Waals surface area contributed by atoms with Crippen molar-refractivity contribution in [1.82, 2.24) is 19.8 Å². The summed E-state index contributed by atoms with van der Waals surface area (Å²) in [6.07, 6.45) is 3.57. The molecule has 31 heavy (non-hydrogen) atoms.